The number of carboxylic acid groups (broad SMARTS) is 1. The summed E-state index contributed by atoms with van der Waals surface area (Å²) < 4.78 is 32.8. The van der Waals surface area contributed by atoms with E-state index in [0.29, 0.717) is 12.8 Å². The zero-order valence-corrected chi connectivity index (χ0v) is 37.3. The molecule has 0 saturated carbocycles. The van der Waals surface area contributed by atoms with E-state index in [1.807, 2.05) is 0 Å². The second-order valence-electron chi connectivity index (χ2n) is 15.9. The standard InChI is InChI=1S/C45H86NO10P/c1-3-5-7-9-11-13-15-17-19-21-23-25-27-29-31-33-35-37-44(48)56-41(39-54-57(51,52)55-40-42(46)45(49)50)38-53-43(47)36-34-32-30-28-26-24-22-20-18-16-14-12-10-8-6-4-2/h17,19,41-42H,3-16,18,20-40,46H2,1-2H3,(H,49,50)(H,51,52)/b19-17-/t41-,42+/m1/s1. The van der Waals surface area contributed by atoms with Crippen LogP contribution in [-0.2, 0) is 37.5 Å². The lowest BCUT2D eigenvalue weighted by Crippen LogP contribution is -2.34. The fourth-order valence-electron chi connectivity index (χ4n) is 6.59. The van der Waals surface area contributed by atoms with Crippen molar-refractivity contribution in [3.8, 4) is 0 Å². The molecule has 0 aromatic carbocycles. The number of hydrogen-bond donors (Lipinski definition) is 3. The third kappa shape index (κ3) is 40.8. The molecule has 1 unspecified atom stereocenters. The summed E-state index contributed by atoms with van der Waals surface area (Å²) in [5.74, 6) is -2.37. The van der Waals surface area contributed by atoms with E-state index in [9.17, 15) is 23.8 Å². The summed E-state index contributed by atoms with van der Waals surface area (Å²) in [6.45, 7) is 2.83. The smallest absolute Gasteiger partial charge is 0.472 e. The van der Waals surface area contributed by atoms with Gasteiger partial charge in [0, 0.05) is 12.8 Å². The Morgan fingerprint density at radius 3 is 1.28 bits per heavy atom. The third-order valence-electron chi connectivity index (χ3n) is 10.3. The Balaban J connectivity index is 4.30. The molecule has 11 nitrogen and oxygen atoms in total. The number of aliphatic carboxylic acids is 1. The van der Waals surface area contributed by atoms with Crippen molar-refractivity contribution in [2.24, 2.45) is 5.73 Å². The highest BCUT2D eigenvalue weighted by Gasteiger charge is 2.28. The zero-order valence-electron chi connectivity index (χ0n) is 36.5. The highest BCUT2D eigenvalue weighted by atomic mass is 31.2. The highest BCUT2D eigenvalue weighted by molar-refractivity contribution is 7.47. The summed E-state index contributed by atoms with van der Waals surface area (Å²) in [5, 5.41) is 8.90. The summed E-state index contributed by atoms with van der Waals surface area (Å²) in [7, 11) is -4.71. The van der Waals surface area contributed by atoms with Crippen LogP contribution in [0.2, 0.25) is 0 Å². The summed E-state index contributed by atoms with van der Waals surface area (Å²) >= 11 is 0. The van der Waals surface area contributed by atoms with Crippen molar-refractivity contribution in [3.63, 3.8) is 0 Å². The van der Waals surface area contributed by atoms with E-state index in [0.717, 1.165) is 44.9 Å². The molecular formula is C45H86NO10P. The van der Waals surface area contributed by atoms with E-state index in [1.54, 1.807) is 0 Å². The van der Waals surface area contributed by atoms with Gasteiger partial charge in [0.05, 0.1) is 13.2 Å². The van der Waals surface area contributed by atoms with Crippen LogP contribution in [-0.4, -0.2) is 59.9 Å². The number of carbonyl (C=O) groups excluding carboxylic acids is 2. The normalized spacial score (nSPS) is 13.8. The number of ether oxygens (including phenoxy) is 2. The SMILES string of the molecule is CCCCCCCC/C=C\CCCCCCCCCC(=O)O[C@H](COC(=O)CCCCCCCCCCCCCCCCCC)COP(=O)(O)OC[C@H](N)C(=O)O. The van der Waals surface area contributed by atoms with E-state index < -0.39 is 51.1 Å². The summed E-state index contributed by atoms with van der Waals surface area (Å²) in [6.07, 6.45) is 41.2. The van der Waals surface area contributed by atoms with Gasteiger partial charge in [-0.15, -0.1) is 0 Å². The molecule has 0 amide bonds. The van der Waals surface area contributed by atoms with Crippen LogP contribution in [0.25, 0.3) is 0 Å². The van der Waals surface area contributed by atoms with Crippen LogP contribution in [0.1, 0.15) is 226 Å². The Kier molecular flexibility index (Phi) is 39.7. The van der Waals surface area contributed by atoms with Crippen molar-refractivity contribution in [1.29, 1.82) is 0 Å². The van der Waals surface area contributed by atoms with E-state index in [2.05, 4.69) is 30.5 Å². The van der Waals surface area contributed by atoms with Gasteiger partial charge in [-0.05, 0) is 38.5 Å². The molecule has 0 spiro atoms. The number of rotatable bonds is 44. The topological polar surface area (TPSA) is 172 Å². The maximum absolute atomic E-state index is 12.6. The maximum atomic E-state index is 12.6. The van der Waals surface area contributed by atoms with E-state index >= 15 is 0 Å². The Morgan fingerprint density at radius 2 is 0.877 bits per heavy atom. The van der Waals surface area contributed by atoms with Crippen molar-refractivity contribution in [3.05, 3.63) is 12.2 Å². The lowest BCUT2D eigenvalue weighted by atomic mass is 10.0. The van der Waals surface area contributed by atoms with Crippen LogP contribution in [0, 0.1) is 0 Å². The molecule has 0 heterocycles. The number of phosphoric ester groups is 1. The number of nitrogens with two attached hydrogens (primary N) is 1. The molecule has 12 heteroatoms. The fourth-order valence-corrected chi connectivity index (χ4v) is 7.37. The molecule has 0 aliphatic rings. The molecule has 0 rings (SSSR count). The Bertz CT molecular complexity index is 1030. The van der Waals surface area contributed by atoms with Crippen LogP contribution in [0.15, 0.2) is 12.2 Å². The largest absolute Gasteiger partial charge is 0.480 e. The predicted octanol–water partition coefficient (Wildman–Crippen LogP) is 12.5. The molecule has 0 saturated heterocycles. The van der Waals surface area contributed by atoms with E-state index in [4.69, 9.17) is 24.8 Å². The summed E-state index contributed by atoms with van der Waals surface area (Å²) in [6, 6.07) is -1.52. The van der Waals surface area contributed by atoms with Crippen molar-refractivity contribution in [2.45, 2.75) is 238 Å². The number of hydrogen-bond acceptors (Lipinski definition) is 9. The van der Waals surface area contributed by atoms with Gasteiger partial charge >= 0.3 is 25.7 Å². The Labute approximate surface area is 348 Å². The van der Waals surface area contributed by atoms with Crippen molar-refractivity contribution in [1.82, 2.24) is 0 Å². The van der Waals surface area contributed by atoms with Crippen molar-refractivity contribution >= 4 is 25.7 Å². The zero-order chi connectivity index (χ0) is 42.1. The Hall–Kier alpha value is -1.78. The lowest BCUT2D eigenvalue weighted by molar-refractivity contribution is -0.161. The van der Waals surface area contributed by atoms with Gasteiger partial charge in [-0.2, -0.15) is 0 Å². The average Bonchev–Trinajstić information content (AvgIpc) is 3.19. The molecule has 0 fully saturated rings. The monoisotopic (exact) mass is 832 g/mol. The number of carboxylic acids is 1. The first-order valence-electron chi connectivity index (χ1n) is 23.2. The first kappa shape index (κ1) is 55.2. The first-order chi connectivity index (χ1) is 27.6. The predicted molar refractivity (Wildman–Crippen MR) is 231 cm³/mol. The van der Waals surface area contributed by atoms with Gasteiger partial charge < -0.3 is 25.2 Å². The first-order valence-corrected chi connectivity index (χ1v) is 24.7. The van der Waals surface area contributed by atoms with Gasteiger partial charge in [-0.25, -0.2) is 4.57 Å². The molecule has 3 atom stereocenters. The minimum atomic E-state index is -4.71. The molecule has 0 aromatic rings. The van der Waals surface area contributed by atoms with E-state index in [-0.39, 0.29) is 19.4 Å². The second kappa shape index (κ2) is 41.0. The van der Waals surface area contributed by atoms with Crippen molar-refractivity contribution < 1.29 is 47.5 Å². The number of allylic oxidation sites excluding steroid dienone is 2. The van der Waals surface area contributed by atoms with Gasteiger partial charge in [0.2, 0.25) is 0 Å². The fraction of sp³-hybridized carbons (Fsp3) is 0.889. The molecule has 0 radical (unpaired) electrons. The quantitative estimate of drug-likeness (QED) is 0.0231. The number of carbonyl (C=O) groups is 3. The van der Waals surface area contributed by atoms with Crippen LogP contribution in [0.3, 0.4) is 0 Å². The molecule has 336 valence electrons. The molecule has 57 heavy (non-hydrogen) atoms. The van der Waals surface area contributed by atoms with Crippen molar-refractivity contribution in [2.75, 3.05) is 19.8 Å². The van der Waals surface area contributed by atoms with Gasteiger partial charge in [0.15, 0.2) is 6.10 Å². The lowest BCUT2D eigenvalue weighted by Gasteiger charge is -2.20. The number of esters is 2. The molecule has 0 aliphatic carbocycles. The molecule has 0 aliphatic heterocycles. The highest BCUT2D eigenvalue weighted by Crippen LogP contribution is 2.43. The van der Waals surface area contributed by atoms with Crippen LogP contribution in [0.5, 0.6) is 0 Å². The molecule has 4 N–H and O–H groups in total. The minimum Gasteiger partial charge on any atom is -0.480 e. The third-order valence-corrected chi connectivity index (χ3v) is 11.2. The van der Waals surface area contributed by atoms with Gasteiger partial charge in [-0.3, -0.25) is 23.4 Å². The van der Waals surface area contributed by atoms with Gasteiger partial charge in [0.1, 0.15) is 12.6 Å². The van der Waals surface area contributed by atoms with Gasteiger partial charge in [-0.1, -0.05) is 187 Å². The van der Waals surface area contributed by atoms with E-state index in [1.165, 1.54) is 141 Å². The summed E-state index contributed by atoms with van der Waals surface area (Å²) in [5.41, 5.74) is 5.34. The van der Waals surface area contributed by atoms with Crippen LogP contribution < -0.4 is 5.73 Å². The Morgan fingerprint density at radius 1 is 0.526 bits per heavy atom. The second-order valence-corrected chi connectivity index (χ2v) is 17.3. The molecule has 0 bridgehead atoms. The van der Waals surface area contributed by atoms with Crippen LogP contribution >= 0.6 is 7.82 Å². The number of unbranched alkanes of at least 4 members (excludes halogenated alkanes) is 28. The van der Waals surface area contributed by atoms with Crippen LogP contribution in [0.4, 0.5) is 0 Å². The minimum absolute atomic E-state index is 0.161. The number of phosphoric acid groups is 1. The molecule has 0 aromatic heterocycles. The molecular weight excluding hydrogens is 745 g/mol. The maximum Gasteiger partial charge on any atom is 0.472 e. The van der Waals surface area contributed by atoms with Gasteiger partial charge in [0.25, 0.3) is 0 Å². The average molecular weight is 832 g/mol. The summed E-state index contributed by atoms with van der Waals surface area (Å²) in [4.78, 5) is 46.0.